The maximum Gasteiger partial charge on any atom is 0.210 e. The van der Waals surface area contributed by atoms with Crippen LogP contribution in [0.3, 0.4) is 0 Å². The Bertz CT molecular complexity index is 271. The Kier molecular flexibility index (Phi) is 4.81. The molecule has 0 saturated carbocycles. The molecule has 0 aliphatic heterocycles. The second-order valence-corrected chi connectivity index (χ2v) is 4.29. The van der Waals surface area contributed by atoms with E-state index in [2.05, 4.69) is 22.3 Å². The van der Waals surface area contributed by atoms with Gasteiger partial charge in [-0.3, -0.25) is 0 Å². The predicted molar refractivity (Wildman–Crippen MR) is 59.4 cm³/mol. The smallest absolute Gasteiger partial charge is 0.210 e. The zero-order valence-corrected chi connectivity index (χ0v) is 8.99. The number of thiazole rings is 1. The number of hydrazine groups is 1. The third kappa shape index (κ3) is 3.75. The summed E-state index contributed by atoms with van der Waals surface area (Å²) in [5, 5.41) is 2.76. The van der Waals surface area contributed by atoms with Crippen molar-refractivity contribution in [2.75, 3.05) is 5.75 Å². The van der Waals surface area contributed by atoms with E-state index < -0.39 is 0 Å². The lowest BCUT2D eigenvalue weighted by Crippen LogP contribution is -2.18. The van der Waals surface area contributed by atoms with Crippen LogP contribution in [0.1, 0.15) is 12.6 Å². The van der Waals surface area contributed by atoms with Gasteiger partial charge >= 0.3 is 0 Å². The van der Waals surface area contributed by atoms with Gasteiger partial charge in [0.25, 0.3) is 0 Å². The first-order valence-corrected chi connectivity index (χ1v) is 5.91. The van der Waals surface area contributed by atoms with E-state index >= 15 is 0 Å². The highest BCUT2D eigenvalue weighted by Crippen LogP contribution is 2.21. The number of thioether (sulfide) groups is 1. The number of hydrogen-bond donors (Lipinski definition) is 2. The molecule has 1 aromatic heterocycles. The Labute approximate surface area is 85.6 Å². The van der Waals surface area contributed by atoms with Crippen molar-refractivity contribution >= 4 is 34.6 Å². The second-order valence-electron chi connectivity index (χ2n) is 2.18. The lowest BCUT2D eigenvalue weighted by atomic mass is 10.6. The lowest BCUT2D eigenvalue weighted by molar-refractivity contribution is 1.05. The number of nitrogens with zero attached hydrogens (tertiary/aromatic N) is 2. The Morgan fingerprint density at radius 1 is 1.85 bits per heavy atom. The van der Waals surface area contributed by atoms with Gasteiger partial charge in [0.05, 0.1) is 5.69 Å². The number of aromatic nitrogens is 1. The van der Waals surface area contributed by atoms with E-state index in [0.29, 0.717) is 0 Å². The topological polar surface area (TPSA) is 63.3 Å². The summed E-state index contributed by atoms with van der Waals surface area (Å²) < 4.78 is 0. The molecule has 1 heterocycles. The molecule has 0 spiro atoms. The maximum absolute atomic E-state index is 5.04. The third-order valence-corrected chi connectivity index (χ3v) is 2.95. The molecule has 0 atom stereocenters. The van der Waals surface area contributed by atoms with Gasteiger partial charge in [0.1, 0.15) is 6.34 Å². The molecule has 0 radical (unpaired) electrons. The van der Waals surface area contributed by atoms with Gasteiger partial charge in [-0.1, -0.05) is 6.92 Å². The quantitative estimate of drug-likeness (QED) is 0.339. The fraction of sp³-hybridized carbons (Fsp3) is 0.429. The van der Waals surface area contributed by atoms with Gasteiger partial charge in [0, 0.05) is 11.1 Å². The predicted octanol–water partition coefficient (Wildman–Crippen LogP) is 1.52. The molecule has 1 aromatic rings. The standard InChI is InChI=1S/C7H12N4S2/c1-2-12-3-6-4-13-7(11-6)9-5-10-8/h4-5H,2-3,8H2,1H3,(H,9,10,11). The lowest BCUT2D eigenvalue weighted by Gasteiger charge is -1.90. The van der Waals surface area contributed by atoms with Gasteiger partial charge in [-0.15, -0.1) is 11.3 Å². The van der Waals surface area contributed by atoms with Crippen LogP contribution in [0.5, 0.6) is 0 Å². The summed E-state index contributed by atoms with van der Waals surface area (Å²) in [6.45, 7) is 2.13. The molecule has 0 aliphatic carbocycles. The van der Waals surface area contributed by atoms with Crippen molar-refractivity contribution in [1.29, 1.82) is 0 Å². The zero-order chi connectivity index (χ0) is 9.52. The highest BCUT2D eigenvalue weighted by atomic mass is 32.2. The van der Waals surface area contributed by atoms with Crippen molar-refractivity contribution in [3.8, 4) is 0 Å². The summed E-state index contributed by atoms with van der Waals surface area (Å²) in [6.07, 6.45) is 1.43. The SMILES string of the molecule is CCSCc1csc(N=CNN)n1. The van der Waals surface area contributed by atoms with Crippen molar-refractivity contribution in [2.24, 2.45) is 10.8 Å². The molecule has 13 heavy (non-hydrogen) atoms. The van der Waals surface area contributed by atoms with E-state index in [1.807, 2.05) is 17.1 Å². The van der Waals surface area contributed by atoms with Gasteiger partial charge in [-0.05, 0) is 5.75 Å². The summed E-state index contributed by atoms with van der Waals surface area (Å²) in [5.74, 6) is 7.11. The van der Waals surface area contributed by atoms with E-state index in [4.69, 9.17) is 5.84 Å². The number of aliphatic imine (C=N–C) groups is 1. The number of rotatable bonds is 5. The first-order valence-electron chi connectivity index (χ1n) is 3.87. The Hall–Kier alpha value is -0.590. The van der Waals surface area contributed by atoms with Crippen molar-refractivity contribution in [1.82, 2.24) is 10.4 Å². The number of hydrogen-bond acceptors (Lipinski definition) is 5. The number of nitrogens with one attached hydrogen (secondary N) is 1. The van der Waals surface area contributed by atoms with Crippen LogP contribution in [0.15, 0.2) is 10.4 Å². The normalized spacial score (nSPS) is 10.9. The molecule has 0 aromatic carbocycles. The molecule has 0 saturated heterocycles. The van der Waals surface area contributed by atoms with E-state index in [9.17, 15) is 0 Å². The largest absolute Gasteiger partial charge is 0.315 e. The maximum atomic E-state index is 5.04. The highest BCUT2D eigenvalue weighted by Gasteiger charge is 1.98. The molecule has 0 amide bonds. The van der Waals surface area contributed by atoms with Gasteiger partial charge in [0.15, 0.2) is 0 Å². The molecule has 0 unspecified atom stereocenters. The fourth-order valence-corrected chi connectivity index (χ4v) is 2.05. The van der Waals surface area contributed by atoms with Gasteiger partial charge in [-0.25, -0.2) is 15.8 Å². The fourth-order valence-electron chi connectivity index (χ4n) is 0.721. The van der Waals surface area contributed by atoms with Gasteiger partial charge in [0.2, 0.25) is 5.13 Å². The van der Waals surface area contributed by atoms with Crippen LogP contribution in [0.4, 0.5) is 5.13 Å². The Balaban J connectivity index is 2.48. The van der Waals surface area contributed by atoms with Gasteiger partial charge in [-0.2, -0.15) is 11.8 Å². The van der Waals surface area contributed by atoms with Crippen molar-refractivity contribution < 1.29 is 0 Å². The molecule has 6 heteroatoms. The molecule has 72 valence electrons. The third-order valence-electron chi connectivity index (χ3n) is 1.24. The van der Waals surface area contributed by atoms with Crippen LogP contribution in [0.25, 0.3) is 0 Å². The zero-order valence-electron chi connectivity index (χ0n) is 7.36. The highest BCUT2D eigenvalue weighted by molar-refractivity contribution is 7.98. The molecule has 0 aliphatic rings. The average Bonchev–Trinajstić information content (AvgIpc) is 2.59. The van der Waals surface area contributed by atoms with Crippen molar-refractivity contribution in [2.45, 2.75) is 12.7 Å². The molecule has 0 fully saturated rings. The van der Waals surface area contributed by atoms with E-state index in [1.165, 1.54) is 17.7 Å². The molecular weight excluding hydrogens is 204 g/mol. The minimum Gasteiger partial charge on any atom is -0.315 e. The van der Waals surface area contributed by atoms with E-state index in [0.717, 1.165) is 22.3 Å². The van der Waals surface area contributed by atoms with Crippen molar-refractivity contribution in [3.63, 3.8) is 0 Å². The van der Waals surface area contributed by atoms with E-state index in [-0.39, 0.29) is 0 Å². The molecule has 0 bridgehead atoms. The minimum absolute atomic E-state index is 0.740. The molecule has 1 rings (SSSR count). The van der Waals surface area contributed by atoms with Crippen LogP contribution < -0.4 is 11.3 Å². The summed E-state index contributed by atoms with van der Waals surface area (Å²) in [5.41, 5.74) is 3.42. The summed E-state index contributed by atoms with van der Waals surface area (Å²) in [6, 6.07) is 0. The van der Waals surface area contributed by atoms with E-state index in [1.54, 1.807) is 0 Å². The van der Waals surface area contributed by atoms with Crippen LogP contribution in [0.2, 0.25) is 0 Å². The number of nitrogens with two attached hydrogens (primary N) is 1. The first kappa shape index (κ1) is 10.5. The second kappa shape index (κ2) is 5.95. The average molecular weight is 216 g/mol. The monoisotopic (exact) mass is 216 g/mol. The summed E-state index contributed by atoms with van der Waals surface area (Å²) in [4.78, 5) is 8.28. The summed E-state index contributed by atoms with van der Waals surface area (Å²) in [7, 11) is 0. The molecule has 3 N–H and O–H groups in total. The van der Waals surface area contributed by atoms with Gasteiger partial charge < -0.3 is 5.43 Å². The van der Waals surface area contributed by atoms with Crippen LogP contribution in [-0.2, 0) is 5.75 Å². The molecule has 4 nitrogen and oxygen atoms in total. The Morgan fingerprint density at radius 3 is 3.38 bits per heavy atom. The molecular formula is C7H12N4S2. The van der Waals surface area contributed by atoms with Crippen LogP contribution in [-0.4, -0.2) is 17.1 Å². The van der Waals surface area contributed by atoms with Crippen LogP contribution >= 0.6 is 23.1 Å². The summed E-state index contributed by atoms with van der Waals surface area (Å²) >= 11 is 3.37. The minimum atomic E-state index is 0.740. The Morgan fingerprint density at radius 2 is 2.69 bits per heavy atom. The first-order chi connectivity index (χ1) is 6.36. The van der Waals surface area contributed by atoms with Crippen LogP contribution in [0, 0.1) is 0 Å². The van der Waals surface area contributed by atoms with Crippen molar-refractivity contribution in [3.05, 3.63) is 11.1 Å².